The van der Waals surface area contributed by atoms with E-state index in [-0.39, 0.29) is 5.75 Å². The van der Waals surface area contributed by atoms with Crippen LogP contribution in [0.2, 0.25) is 0 Å². The Hall–Kier alpha value is -3.59. The van der Waals surface area contributed by atoms with Crippen LogP contribution in [0.4, 0.5) is 14.6 Å². The van der Waals surface area contributed by atoms with Gasteiger partial charge in [0.25, 0.3) is 0 Å². The Kier molecular flexibility index (Phi) is 4.95. The second-order valence-electron chi connectivity index (χ2n) is 7.51. The second kappa shape index (κ2) is 7.92. The van der Waals surface area contributed by atoms with Crippen LogP contribution in [0.1, 0.15) is 12.8 Å². The number of benzene rings is 2. The maximum absolute atomic E-state index is 13.4. The van der Waals surface area contributed by atoms with Gasteiger partial charge in [-0.3, -0.25) is 0 Å². The van der Waals surface area contributed by atoms with Gasteiger partial charge in [-0.05, 0) is 43.7 Å². The van der Waals surface area contributed by atoms with Crippen molar-refractivity contribution in [1.82, 2.24) is 25.1 Å². The lowest BCUT2D eigenvalue weighted by Crippen LogP contribution is -2.27. The highest BCUT2D eigenvalue weighted by atomic mass is 19.1. The van der Waals surface area contributed by atoms with Crippen molar-refractivity contribution in [3.05, 3.63) is 60.4 Å². The van der Waals surface area contributed by atoms with E-state index in [1.807, 2.05) is 16.8 Å². The van der Waals surface area contributed by atoms with Gasteiger partial charge in [0.05, 0.1) is 11.9 Å². The number of nitrogen functional groups attached to an aromatic ring is 1. The number of ether oxygens (including phenoxy) is 1. The molecule has 1 saturated heterocycles. The minimum absolute atomic E-state index is 0.0849. The standard InChI is InChI=1S/C22H20F2N6O/c23-14-8-15(24)10-18(9-14)31-17-5-3-13(4-6-17)20-19-21(25)27-12-28-22(19)30(29-20)11-16-2-1-7-26-16/h3-6,8-10,12,16,26H,1-2,7,11H2,(H2,25,27,28)/t16-/m1/s1. The first-order chi connectivity index (χ1) is 15.1. The third-order valence-corrected chi connectivity index (χ3v) is 5.31. The fourth-order valence-electron chi connectivity index (χ4n) is 3.89. The fraction of sp³-hybridized carbons (Fsp3) is 0.227. The van der Waals surface area contributed by atoms with E-state index in [4.69, 9.17) is 15.6 Å². The first-order valence-electron chi connectivity index (χ1n) is 10.0. The summed E-state index contributed by atoms with van der Waals surface area (Å²) in [5, 5.41) is 8.94. The number of fused-ring (bicyclic) bond motifs is 1. The second-order valence-corrected chi connectivity index (χ2v) is 7.51. The quantitative estimate of drug-likeness (QED) is 0.507. The van der Waals surface area contributed by atoms with Crippen LogP contribution in [0.3, 0.4) is 0 Å². The van der Waals surface area contributed by atoms with E-state index < -0.39 is 11.6 Å². The van der Waals surface area contributed by atoms with Gasteiger partial charge in [0.2, 0.25) is 0 Å². The first kappa shape index (κ1) is 19.4. The predicted molar refractivity (Wildman–Crippen MR) is 113 cm³/mol. The summed E-state index contributed by atoms with van der Waals surface area (Å²) >= 11 is 0. The van der Waals surface area contributed by atoms with Crippen molar-refractivity contribution in [2.75, 3.05) is 12.3 Å². The normalized spacial score (nSPS) is 16.1. The molecule has 3 heterocycles. The van der Waals surface area contributed by atoms with E-state index in [2.05, 4.69) is 15.3 Å². The number of hydrogen-bond acceptors (Lipinski definition) is 6. The van der Waals surface area contributed by atoms with E-state index in [1.165, 1.54) is 6.33 Å². The van der Waals surface area contributed by atoms with Crippen LogP contribution in [0, 0.1) is 11.6 Å². The number of nitrogens with one attached hydrogen (secondary N) is 1. The summed E-state index contributed by atoms with van der Waals surface area (Å²) in [6.45, 7) is 1.70. The first-order valence-corrected chi connectivity index (χ1v) is 10.0. The molecule has 0 unspecified atom stereocenters. The molecule has 5 rings (SSSR count). The Labute approximate surface area is 176 Å². The van der Waals surface area contributed by atoms with Crippen LogP contribution in [-0.2, 0) is 6.54 Å². The van der Waals surface area contributed by atoms with Gasteiger partial charge in [-0.25, -0.2) is 23.4 Å². The zero-order chi connectivity index (χ0) is 21.4. The molecule has 1 aliphatic heterocycles. The van der Waals surface area contributed by atoms with E-state index in [0.29, 0.717) is 40.9 Å². The van der Waals surface area contributed by atoms with E-state index in [1.54, 1.807) is 12.1 Å². The molecule has 2 aromatic carbocycles. The summed E-state index contributed by atoms with van der Waals surface area (Å²) in [5.74, 6) is -0.508. The average Bonchev–Trinajstić information content (AvgIpc) is 3.37. The number of aromatic nitrogens is 4. The molecule has 9 heteroatoms. The minimum atomic E-state index is -0.698. The molecule has 0 saturated carbocycles. The monoisotopic (exact) mass is 422 g/mol. The molecule has 7 nitrogen and oxygen atoms in total. The molecule has 0 aliphatic carbocycles. The molecule has 158 valence electrons. The van der Waals surface area contributed by atoms with Crippen molar-refractivity contribution in [3.63, 3.8) is 0 Å². The van der Waals surface area contributed by atoms with Crippen molar-refractivity contribution < 1.29 is 13.5 Å². The Balaban J connectivity index is 1.47. The molecule has 2 aromatic heterocycles. The smallest absolute Gasteiger partial charge is 0.164 e. The number of rotatable bonds is 5. The summed E-state index contributed by atoms with van der Waals surface area (Å²) < 4.78 is 34.2. The molecule has 1 fully saturated rings. The van der Waals surface area contributed by atoms with Crippen molar-refractivity contribution in [3.8, 4) is 22.8 Å². The lowest BCUT2D eigenvalue weighted by Gasteiger charge is -2.10. The maximum atomic E-state index is 13.4. The maximum Gasteiger partial charge on any atom is 0.164 e. The molecular formula is C22H20F2N6O. The van der Waals surface area contributed by atoms with Crippen molar-refractivity contribution in [2.24, 2.45) is 0 Å². The van der Waals surface area contributed by atoms with Crippen LogP contribution in [0.25, 0.3) is 22.3 Å². The Morgan fingerprint density at radius 2 is 1.84 bits per heavy atom. The van der Waals surface area contributed by atoms with Crippen molar-refractivity contribution >= 4 is 16.9 Å². The highest BCUT2D eigenvalue weighted by Crippen LogP contribution is 2.32. The molecule has 31 heavy (non-hydrogen) atoms. The molecule has 0 bridgehead atoms. The zero-order valence-electron chi connectivity index (χ0n) is 16.6. The third-order valence-electron chi connectivity index (χ3n) is 5.31. The highest BCUT2D eigenvalue weighted by molar-refractivity contribution is 5.98. The van der Waals surface area contributed by atoms with Crippen LogP contribution >= 0.6 is 0 Å². The van der Waals surface area contributed by atoms with Gasteiger partial charge in [-0.15, -0.1) is 0 Å². The number of nitrogens with zero attached hydrogens (tertiary/aromatic N) is 4. The minimum Gasteiger partial charge on any atom is -0.457 e. The van der Waals surface area contributed by atoms with E-state index >= 15 is 0 Å². The van der Waals surface area contributed by atoms with E-state index in [9.17, 15) is 8.78 Å². The molecule has 4 aromatic rings. The van der Waals surface area contributed by atoms with Crippen LogP contribution in [0.15, 0.2) is 48.8 Å². The van der Waals surface area contributed by atoms with Crippen molar-refractivity contribution in [1.29, 1.82) is 0 Å². The summed E-state index contributed by atoms with van der Waals surface area (Å²) in [7, 11) is 0. The number of anilines is 1. The molecule has 0 spiro atoms. The largest absolute Gasteiger partial charge is 0.457 e. The molecule has 0 amide bonds. The molecule has 3 N–H and O–H groups in total. The van der Waals surface area contributed by atoms with Crippen LogP contribution in [-0.4, -0.2) is 32.3 Å². The summed E-state index contributed by atoms with van der Waals surface area (Å²) in [4.78, 5) is 8.54. The van der Waals surface area contributed by atoms with E-state index in [0.717, 1.165) is 43.1 Å². The van der Waals surface area contributed by atoms with Crippen LogP contribution < -0.4 is 15.8 Å². The third kappa shape index (κ3) is 3.91. The Bertz CT molecular complexity index is 1210. The Morgan fingerprint density at radius 1 is 1.06 bits per heavy atom. The topological polar surface area (TPSA) is 90.9 Å². The van der Waals surface area contributed by atoms with Gasteiger partial charge in [-0.2, -0.15) is 5.10 Å². The van der Waals surface area contributed by atoms with Crippen LogP contribution in [0.5, 0.6) is 11.5 Å². The molecule has 1 atom stereocenters. The van der Waals surface area contributed by atoms with Gasteiger partial charge >= 0.3 is 0 Å². The SMILES string of the molecule is Nc1ncnc2c1c(-c1ccc(Oc3cc(F)cc(F)c3)cc1)nn2C[C@H]1CCCN1. The van der Waals surface area contributed by atoms with Gasteiger partial charge in [0.15, 0.2) is 5.65 Å². The summed E-state index contributed by atoms with van der Waals surface area (Å²) in [6, 6.07) is 10.4. The number of halogens is 2. The lowest BCUT2D eigenvalue weighted by atomic mass is 10.1. The predicted octanol–water partition coefficient (Wildman–Crippen LogP) is 3.90. The van der Waals surface area contributed by atoms with Crippen molar-refractivity contribution in [2.45, 2.75) is 25.4 Å². The van der Waals surface area contributed by atoms with Gasteiger partial charge < -0.3 is 15.8 Å². The number of hydrogen-bond donors (Lipinski definition) is 2. The fourth-order valence-corrected chi connectivity index (χ4v) is 3.89. The summed E-state index contributed by atoms with van der Waals surface area (Å²) in [6.07, 6.45) is 3.67. The summed E-state index contributed by atoms with van der Waals surface area (Å²) in [5.41, 5.74) is 8.33. The lowest BCUT2D eigenvalue weighted by molar-refractivity contribution is 0.468. The number of nitrogens with two attached hydrogens (primary N) is 1. The Morgan fingerprint density at radius 3 is 2.55 bits per heavy atom. The zero-order valence-corrected chi connectivity index (χ0v) is 16.6. The van der Waals surface area contributed by atoms with Gasteiger partial charge in [0, 0.05) is 29.8 Å². The molecule has 0 radical (unpaired) electrons. The van der Waals surface area contributed by atoms with Gasteiger partial charge in [0.1, 0.15) is 41.0 Å². The molecular weight excluding hydrogens is 402 g/mol. The average molecular weight is 422 g/mol. The highest BCUT2D eigenvalue weighted by Gasteiger charge is 2.21. The van der Waals surface area contributed by atoms with Gasteiger partial charge in [-0.1, -0.05) is 0 Å². The molecule has 1 aliphatic rings.